The van der Waals surface area contributed by atoms with Crippen LogP contribution in [0.5, 0.6) is 0 Å². The van der Waals surface area contributed by atoms with E-state index in [2.05, 4.69) is 0 Å². The molecular formula is C13H10ClNO2S. The van der Waals surface area contributed by atoms with E-state index < -0.39 is 5.97 Å². The third kappa shape index (κ3) is 2.97. The summed E-state index contributed by atoms with van der Waals surface area (Å²) in [5.41, 5.74) is 6.49. The molecule has 2 aromatic rings. The van der Waals surface area contributed by atoms with Crippen LogP contribution in [-0.4, -0.2) is 11.1 Å². The van der Waals surface area contributed by atoms with Crippen LogP contribution in [0.1, 0.15) is 10.4 Å². The van der Waals surface area contributed by atoms with Crippen molar-refractivity contribution in [1.29, 1.82) is 0 Å². The molecule has 0 heterocycles. The molecular weight excluding hydrogens is 270 g/mol. The molecule has 5 heteroatoms. The summed E-state index contributed by atoms with van der Waals surface area (Å²) in [5.74, 6) is -0.985. The van der Waals surface area contributed by atoms with E-state index in [1.54, 1.807) is 6.07 Å². The third-order valence-electron chi connectivity index (χ3n) is 2.29. The Morgan fingerprint density at radius 2 is 1.83 bits per heavy atom. The van der Waals surface area contributed by atoms with Crippen LogP contribution in [-0.2, 0) is 0 Å². The van der Waals surface area contributed by atoms with E-state index in [0.29, 0.717) is 10.7 Å². The van der Waals surface area contributed by atoms with Crippen molar-refractivity contribution < 1.29 is 9.90 Å². The molecule has 0 spiro atoms. The van der Waals surface area contributed by atoms with Gasteiger partial charge in [0.25, 0.3) is 0 Å². The fourth-order valence-electron chi connectivity index (χ4n) is 1.38. The summed E-state index contributed by atoms with van der Waals surface area (Å²) in [6.07, 6.45) is 0. The van der Waals surface area contributed by atoms with E-state index in [4.69, 9.17) is 22.4 Å². The maximum Gasteiger partial charge on any atom is 0.335 e. The molecule has 0 aliphatic carbocycles. The van der Waals surface area contributed by atoms with E-state index in [0.717, 1.165) is 9.79 Å². The highest BCUT2D eigenvalue weighted by atomic mass is 35.5. The monoisotopic (exact) mass is 279 g/mol. The molecule has 0 fully saturated rings. The van der Waals surface area contributed by atoms with Gasteiger partial charge >= 0.3 is 5.97 Å². The molecule has 0 aliphatic rings. The second-order valence-corrected chi connectivity index (χ2v) is 5.14. The lowest BCUT2D eigenvalue weighted by Crippen LogP contribution is -1.95. The summed E-state index contributed by atoms with van der Waals surface area (Å²) in [4.78, 5) is 12.6. The molecule has 0 aliphatic heterocycles. The van der Waals surface area contributed by atoms with E-state index >= 15 is 0 Å². The maximum absolute atomic E-state index is 10.8. The normalized spacial score (nSPS) is 10.3. The standard InChI is InChI=1S/C13H10ClNO2S/c14-11-7-8(13(16)17)1-6-12(11)18-10-4-2-9(15)3-5-10/h1-7H,15H2,(H,16,17). The van der Waals surface area contributed by atoms with Gasteiger partial charge in [-0.2, -0.15) is 0 Å². The van der Waals surface area contributed by atoms with Gasteiger partial charge in [-0.25, -0.2) is 4.79 Å². The number of carbonyl (C=O) groups is 1. The van der Waals surface area contributed by atoms with Crippen LogP contribution in [0.25, 0.3) is 0 Å². The number of hydrogen-bond acceptors (Lipinski definition) is 3. The summed E-state index contributed by atoms with van der Waals surface area (Å²) < 4.78 is 0. The van der Waals surface area contributed by atoms with Gasteiger partial charge in [0.1, 0.15) is 0 Å². The summed E-state index contributed by atoms with van der Waals surface area (Å²) >= 11 is 7.51. The zero-order valence-electron chi connectivity index (χ0n) is 9.26. The largest absolute Gasteiger partial charge is 0.478 e. The topological polar surface area (TPSA) is 63.3 Å². The summed E-state index contributed by atoms with van der Waals surface area (Å²) in [7, 11) is 0. The Labute approximate surface area is 114 Å². The van der Waals surface area contributed by atoms with Crippen molar-refractivity contribution in [3.05, 3.63) is 53.1 Å². The molecule has 0 atom stereocenters. The van der Waals surface area contributed by atoms with E-state index in [9.17, 15) is 4.79 Å². The van der Waals surface area contributed by atoms with Crippen LogP contribution in [0.3, 0.4) is 0 Å². The Morgan fingerprint density at radius 1 is 1.17 bits per heavy atom. The fraction of sp³-hybridized carbons (Fsp3) is 0. The average Bonchev–Trinajstić information content (AvgIpc) is 2.34. The van der Waals surface area contributed by atoms with Gasteiger partial charge in [0, 0.05) is 15.5 Å². The number of nitrogen functional groups attached to an aromatic ring is 1. The molecule has 0 amide bonds. The van der Waals surface area contributed by atoms with Crippen LogP contribution in [0.4, 0.5) is 5.69 Å². The molecule has 3 nitrogen and oxygen atoms in total. The first-order valence-electron chi connectivity index (χ1n) is 5.12. The summed E-state index contributed by atoms with van der Waals surface area (Å²) in [6, 6.07) is 12.1. The third-order valence-corrected chi connectivity index (χ3v) is 3.80. The molecule has 0 unspecified atom stereocenters. The number of aromatic carboxylic acids is 1. The van der Waals surface area contributed by atoms with Gasteiger partial charge in [-0.3, -0.25) is 0 Å². The van der Waals surface area contributed by atoms with E-state index in [1.165, 1.54) is 23.9 Å². The van der Waals surface area contributed by atoms with Gasteiger partial charge in [0.05, 0.1) is 10.6 Å². The first-order chi connectivity index (χ1) is 8.56. The van der Waals surface area contributed by atoms with Gasteiger partial charge in [-0.15, -0.1) is 0 Å². The minimum atomic E-state index is -0.985. The summed E-state index contributed by atoms with van der Waals surface area (Å²) in [5, 5.41) is 9.27. The molecule has 92 valence electrons. The van der Waals surface area contributed by atoms with Crippen LogP contribution in [0.15, 0.2) is 52.3 Å². The van der Waals surface area contributed by atoms with Crippen molar-refractivity contribution in [2.75, 3.05) is 5.73 Å². The predicted octanol–water partition coefficient (Wildman–Crippen LogP) is 3.77. The first-order valence-corrected chi connectivity index (χ1v) is 6.32. The van der Waals surface area contributed by atoms with Gasteiger partial charge in [0.15, 0.2) is 0 Å². The molecule has 0 saturated heterocycles. The number of anilines is 1. The van der Waals surface area contributed by atoms with Gasteiger partial charge in [-0.05, 0) is 42.5 Å². The van der Waals surface area contributed by atoms with Gasteiger partial charge < -0.3 is 10.8 Å². The Morgan fingerprint density at radius 3 is 2.39 bits per heavy atom. The number of carboxylic acids is 1. The van der Waals surface area contributed by atoms with Crippen molar-refractivity contribution in [2.24, 2.45) is 0 Å². The quantitative estimate of drug-likeness (QED) is 0.840. The lowest BCUT2D eigenvalue weighted by molar-refractivity contribution is 0.0697. The highest BCUT2D eigenvalue weighted by Gasteiger charge is 2.08. The summed E-state index contributed by atoms with van der Waals surface area (Å²) in [6.45, 7) is 0. The molecule has 2 rings (SSSR count). The minimum absolute atomic E-state index is 0.182. The van der Waals surface area contributed by atoms with E-state index in [-0.39, 0.29) is 5.56 Å². The van der Waals surface area contributed by atoms with Crippen molar-refractivity contribution in [3.63, 3.8) is 0 Å². The fourth-order valence-corrected chi connectivity index (χ4v) is 2.49. The molecule has 0 bridgehead atoms. The van der Waals surface area contributed by atoms with Crippen molar-refractivity contribution in [3.8, 4) is 0 Å². The van der Waals surface area contributed by atoms with E-state index in [1.807, 2.05) is 24.3 Å². The van der Waals surface area contributed by atoms with Crippen molar-refractivity contribution in [1.82, 2.24) is 0 Å². The molecule has 0 radical (unpaired) electrons. The number of carboxylic acid groups (broad SMARTS) is 1. The predicted molar refractivity (Wildman–Crippen MR) is 73.4 cm³/mol. The number of benzene rings is 2. The average molecular weight is 280 g/mol. The Balaban J connectivity index is 2.24. The second-order valence-electron chi connectivity index (χ2n) is 3.62. The molecule has 0 saturated carbocycles. The number of halogens is 1. The SMILES string of the molecule is Nc1ccc(Sc2ccc(C(=O)O)cc2Cl)cc1. The zero-order chi connectivity index (χ0) is 13.1. The minimum Gasteiger partial charge on any atom is -0.478 e. The first kappa shape index (κ1) is 12.8. The molecule has 18 heavy (non-hydrogen) atoms. The van der Waals surface area contributed by atoms with Gasteiger partial charge in [0.2, 0.25) is 0 Å². The highest BCUT2D eigenvalue weighted by Crippen LogP contribution is 2.34. The smallest absolute Gasteiger partial charge is 0.335 e. The van der Waals surface area contributed by atoms with Crippen LogP contribution in [0, 0.1) is 0 Å². The number of nitrogens with two attached hydrogens (primary N) is 1. The van der Waals surface area contributed by atoms with Crippen molar-refractivity contribution in [2.45, 2.75) is 9.79 Å². The Hall–Kier alpha value is -1.65. The van der Waals surface area contributed by atoms with Gasteiger partial charge in [-0.1, -0.05) is 23.4 Å². The Kier molecular flexibility index (Phi) is 3.79. The second kappa shape index (κ2) is 5.33. The zero-order valence-corrected chi connectivity index (χ0v) is 10.8. The van der Waals surface area contributed by atoms with Crippen LogP contribution >= 0.6 is 23.4 Å². The number of rotatable bonds is 3. The molecule has 0 aromatic heterocycles. The number of hydrogen-bond donors (Lipinski definition) is 2. The van der Waals surface area contributed by atoms with Crippen LogP contribution in [0.2, 0.25) is 5.02 Å². The highest BCUT2D eigenvalue weighted by molar-refractivity contribution is 7.99. The van der Waals surface area contributed by atoms with Crippen LogP contribution < -0.4 is 5.73 Å². The lowest BCUT2D eigenvalue weighted by Gasteiger charge is -2.05. The van der Waals surface area contributed by atoms with Crippen molar-refractivity contribution >= 4 is 35.0 Å². The molecule has 2 aromatic carbocycles. The Bertz CT molecular complexity index is 584. The molecule has 3 N–H and O–H groups in total. The maximum atomic E-state index is 10.8. The lowest BCUT2D eigenvalue weighted by atomic mass is 10.2.